The van der Waals surface area contributed by atoms with Crippen molar-refractivity contribution in [2.75, 3.05) is 0 Å². The van der Waals surface area contributed by atoms with Gasteiger partial charge >= 0.3 is 0 Å². The molecule has 1 N–H and O–H groups in total. The van der Waals surface area contributed by atoms with Crippen molar-refractivity contribution in [3.8, 4) is 22.6 Å². The van der Waals surface area contributed by atoms with Crippen LogP contribution in [0.15, 0.2) is 72.9 Å². The molecule has 5 rings (SSSR count). The van der Waals surface area contributed by atoms with Gasteiger partial charge in [0.2, 0.25) is 17.4 Å². The maximum atomic E-state index is 12.8. The topological polar surface area (TPSA) is 115 Å². The van der Waals surface area contributed by atoms with Gasteiger partial charge < -0.3 is 0 Å². The van der Waals surface area contributed by atoms with Crippen molar-refractivity contribution >= 4 is 5.78 Å². The maximum absolute atomic E-state index is 12.8. The number of pyridine rings is 1. The fraction of sp³-hybridized carbons (Fsp3) is 0.160. The van der Waals surface area contributed by atoms with E-state index in [1.54, 1.807) is 18.3 Å². The molecular weight excluding hydrogens is 428 g/mol. The van der Waals surface area contributed by atoms with Gasteiger partial charge in [0, 0.05) is 29.3 Å². The second kappa shape index (κ2) is 9.53. The quantitative estimate of drug-likeness (QED) is 0.358. The molecule has 0 aliphatic rings. The third-order valence-electron chi connectivity index (χ3n) is 5.41. The smallest absolute Gasteiger partial charge is 0.232 e. The molecule has 0 atom stereocenters. The number of hydrogen-bond donors (Lipinski definition) is 1. The van der Waals surface area contributed by atoms with E-state index in [-0.39, 0.29) is 11.6 Å². The largest absolute Gasteiger partial charge is 0.285 e. The second-order valence-corrected chi connectivity index (χ2v) is 7.79. The molecule has 168 valence electrons. The van der Waals surface area contributed by atoms with Crippen molar-refractivity contribution in [1.82, 2.24) is 40.4 Å². The third-order valence-corrected chi connectivity index (χ3v) is 5.41. The number of aromatic amines is 1. The van der Waals surface area contributed by atoms with E-state index in [1.165, 1.54) is 0 Å². The molecule has 0 unspecified atom stereocenters. The molecule has 0 amide bonds. The van der Waals surface area contributed by atoms with Gasteiger partial charge in [0.05, 0.1) is 12.2 Å². The summed E-state index contributed by atoms with van der Waals surface area (Å²) in [6, 6.07) is 20.9. The van der Waals surface area contributed by atoms with Crippen LogP contribution in [-0.4, -0.2) is 46.2 Å². The van der Waals surface area contributed by atoms with Crippen LogP contribution in [-0.2, 0) is 13.0 Å². The average Bonchev–Trinajstić information content (AvgIpc) is 3.56. The van der Waals surface area contributed by atoms with Crippen LogP contribution in [0.5, 0.6) is 0 Å². The zero-order valence-electron chi connectivity index (χ0n) is 18.6. The molecule has 0 aliphatic carbocycles. The lowest BCUT2D eigenvalue weighted by Gasteiger charge is -2.08. The number of carbonyl (C=O) groups is 1. The number of nitrogens with one attached hydrogen (secondary N) is 1. The monoisotopic (exact) mass is 450 g/mol. The number of ketones is 1. The fourth-order valence-corrected chi connectivity index (χ4v) is 3.76. The van der Waals surface area contributed by atoms with E-state index in [9.17, 15) is 4.79 Å². The van der Waals surface area contributed by atoms with Gasteiger partial charge in [-0.15, -0.1) is 15.3 Å². The van der Waals surface area contributed by atoms with E-state index in [0.717, 1.165) is 41.1 Å². The van der Waals surface area contributed by atoms with E-state index >= 15 is 0 Å². The Kier molecular flexibility index (Phi) is 5.98. The summed E-state index contributed by atoms with van der Waals surface area (Å²) in [6.45, 7) is 2.60. The molecule has 0 fully saturated rings. The summed E-state index contributed by atoms with van der Waals surface area (Å²) >= 11 is 0. The molecular formula is C25H22N8O. The molecule has 2 aromatic carbocycles. The summed E-state index contributed by atoms with van der Waals surface area (Å²) in [4.78, 5) is 21.9. The molecule has 0 bridgehead atoms. The molecule has 0 aliphatic heterocycles. The molecule has 34 heavy (non-hydrogen) atoms. The van der Waals surface area contributed by atoms with Crippen LogP contribution in [0.4, 0.5) is 0 Å². The minimum atomic E-state index is -0.170. The Hall–Kier alpha value is -4.53. The average molecular weight is 451 g/mol. The summed E-state index contributed by atoms with van der Waals surface area (Å²) in [5.74, 6) is 1.35. The molecule has 0 spiro atoms. The van der Waals surface area contributed by atoms with Crippen LogP contribution in [0.1, 0.15) is 40.9 Å². The number of carbonyl (C=O) groups excluding carboxylic acids is 1. The van der Waals surface area contributed by atoms with Gasteiger partial charge in [-0.1, -0.05) is 61.5 Å². The van der Waals surface area contributed by atoms with Gasteiger partial charge in [0.1, 0.15) is 5.82 Å². The van der Waals surface area contributed by atoms with Crippen molar-refractivity contribution in [3.05, 3.63) is 95.7 Å². The van der Waals surface area contributed by atoms with Crippen molar-refractivity contribution in [2.24, 2.45) is 0 Å². The number of tetrazole rings is 1. The van der Waals surface area contributed by atoms with Crippen LogP contribution in [0.25, 0.3) is 22.6 Å². The van der Waals surface area contributed by atoms with E-state index < -0.39 is 0 Å². The Morgan fingerprint density at radius 1 is 1.00 bits per heavy atom. The first-order valence-corrected chi connectivity index (χ1v) is 11.0. The van der Waals surface area contributed by atoms with Crippen LogP contribution >= 0.6 is 0 Å². The predicted octanol–water partition coefficient (Wildman–Crippen LogP) is 3.75. The van der Waals surface area contributed by atoms with Crippen LogP contribution in [0, 0.1) is 0 Å². The number of benzene rings is 2. The number of aryl methyl sites for hydroxylation is 1. The Labute approximate surface area is 195 Å². The zero-order chi connectivity index (χ0) is 23.3. The molecule has 0 saturated carbocycles. The Bertz CT molecular complexity index is 1390. The van der Waals surface area contributed by atoms with Crippen LogP contribution in [0.2, 0.25) is 0 Å². The molecule has 9 nitrogen and oxygen atoms in total. The minimum Gasteiger partial charge on any atom is -0.285 e. The highest BCUT2D eigenvalue weighted by Crippen LogP contribution is 2.27. The Balaban J connectivity index is 1.41. The first kappa shape index (κ1) is 21.3. The van der Waals surface area contributed by atoms with Crippen molar-refractivity contribution in [1.29, 1.82) is 0 Å². The lowest BCUT2D eigenvalue weighted by Crippen LogP contribution is -2.08. The zero-order valence-corrected chi connectivity index (χ0v) is 18.6. The lowest BCUT2D eigenvalue weighted by atomic mass is 10.0. The number of nitrogens with zero attached hydrogens (tertiary/aromatic N) is 7. The van der Waals surface area contributed by atoms with Crippen molar-refractivity contribution < 1.29 is 4.79 Å². The summed E-state index contributed by atoms with van der Waals surface area (Å²) < 4.78 is 1.82. The van der Waals surface area contributed by atoms with Gasteiger partial charge in [0.25, 0.3) is 0 Å². The first-order valence-electron chi connectivity index (χ1n) is 11.0. The van der Waals surface area contributed by atoms with Gasteiger partial charge in [0.15, 0.2) is 0 Å². The van der Waals surface area contributed by atoms with Crippen LogP contribution in [0.3, 0.4) is 0 Å². The Morgan fingerprint density at radius 3 is 2.56 bits per heavy atom. The molecule has 5 aromatic rings. The van der Waals surface area contributed by atoms with Gasteiger partial charge in [-0.25, -0.2) is 9.67 Å². The number of aromatic nitrogens is 8. The molecule has 3 aromatic heterocycles. The van der Waals surface area contributed by atoms with Gasteiger partial charge in [-0.3, -0.25) is 9.78 Å². The number of hydrogen-bond acceptors (Lipinski definition) is 7. The van der Waals surface area contributed by atoms with Gasteiger partial charge in [-0.05, 0) is 29.3 Å². The predicted molar refractivity (Wildman–Crippen MR) is 126 cm³/mol. The second-order valence-electron chi connectivity index (χ2n) is 7.79. The summed E-state index contributed by atoms with van der Waals surface area (Å²) in [5, 5.41) is 18.8. The SMILES string of the molecule is CCCc1nc(C(=O)c2ccccc2)nn1Cc1ccc(-c2ncccc2-c2nn[nH]n2)cc1. The van der Waals surface area contributed by atoms with Crippen LogP contribution < -0.4 is 0 Å². The highest BCUT2D eigenvalue weighted by molar-refractivity contribution is 6.06. The normalized spacial score (nSPS) is 11.0. The van der Waals surface area contributed by atoms with E-state index in [0.29, 0.717) is 17.9 Å². The highest BCUT2D eigenvalue weighted by Gasteiger charge is 2.18. The summed E-state index contributed by atoms with van der Waals surface area (Å²) in [7, 11) is 0. The molecule has 3 heterocycles. The van der Waals surface area contributed by atoms with E-state index in [2.05, 4.69) is 42.6 Å². The standard InChI is InChI=1S/C25H22N8O/c1-2-7-21-27-25(23(34)19-8-4-3-5-9-19)30-33(21)16-17-11-13-18(14-12-17)22-20(10-6-15-26-22)24-28-31-32-29-24/h3-6,8-15H,2,7,16H2,1H3,(H,28,29,31,32). The molecule has 0 radical (unpaired) electrons. The Morgan fingerprint density at radius 2 is 1.82 bits per heavy atom. The first-order chi connectivity index (χ1) is 16.7. The van der Waals surface area contributed by atoms with E-state index in [1.807, 2.05) is 59.3 Å². The molecule has 0 saturated heterocycles. The number of rotatable bonds is 8. The van der Waals surface area contributed by atoms with Gasteiger partial charge in [-0.2, -0.15) is 5.21 Å². The van der Waals surface area contributed by atoms with Crippen molar-refractivity contribution in [2.45, 2.75) is 26.3 Å². The lowest BCUT2D eigenvalue weighted by molar-refractivity contribution is 0.102. The maximum Gasteiger partial charge on any atom is 0.232 e. The third kappa shape index (κ3) is 4.36. The fourth-order valence-electron chi connectivity index (χ4n) is 3.76. The minimum absolute atomic E-state index is 0.170. The molecule has 9 heteroatoms. The number of H-pyrrole nitrogens is 1. The van der Waals surface area contributed by atoms with Crippen molar-refractivity contribution in [3.63, 3.8) is 0 Å². The van der Waals surface area contributed by atoms with E-state index in [4.69, 9.17) is 0 Å². The summed E-state index contributed by atoms with van der Waals surface area (Å²) in [6.07, 6.45) is 3.40. The highest BCUT2D eigenvalue weighted by atomic mass is 16.1. The summed E-state index contributed by atoms with van der Waals surface area (Å²) in [5.41, 5.74) is 4.14.